The highest BCUT2D eigenvalue weighted by Gasteiger charge is 2.21. The van der Waals surface area contributed by atoms with Crippen LogP contribution in [0.4, 0.5) is 5.69 Å². The summed E-state index contributed by atoms with van der Waals surface area (Å²) in [6, 6.07) is 8.26. The van der Waals surface area contributed by atoms with E-state index in [1.54, 1.807) is 0 Å². The highest BCUT2D eigenvalue weighted by molar-refractivity contribution is 5.69. The first-order valence-corrected chi connectivity index (χ1v) is 5.21. The minimum Gasteiger partial charge on any atom is -0.469 e. The average molecular weight is 205 g/mol. The van der Waals surface area contributed by atoms with Crippen molar-refractivity contribution in [2.24, 2.45) is 0 Å². The lowest BCUT2D eigenvalue weighted by molar-refractivity contribution is -0.140. The van der Waals surface area contributed by atoms with Crippen molar-refractivity contribution in [2.75, 3.05) is 19.0 Å². The first-order valence-electron chi connectivity index (χ1n) is 5.21. The average Bonchev–Trinajstić information content (AvgIpc) is 2.69. The van der Waals surface area contributed by atoms with Crippen molar-refractivity contribution in [1.82, 2.24) is 0 Å². The summed E-state index contributed by atoms with van der Waals surface area (Å²) in [7, 11) is 1.43. The number of para-hydroxylation sites is 1. The van der Waals surface area contributed by atoms with Gasteiger partial charge in [0.25, 0.3) is 0 Å². The maximum absolute atomic E-state index is 11.0. The van der Waals surface area contributed by atoms with Crippen molar-refractivity contribution >= 4 is 11.7 Å². The Hall–Kier alpha value is -1.51. The lowest BCUT2D eigenvalue weighted by atomic mass is 9.96. The molecule has 0 aliphatic carbocycles. The van der Waals surface area contributed by atoms with Gasteiger partial charge in [0.1, 0.15) is 0 Å². The van der Waals surface area contributed by atoms with Gasteiger partial charge >= 0.3 is 5.97 Å². The number of anilines is 1. The second-order valence-electron chi connectivity index (χ2n) is 3.78. The van der Waals surface area contributed by atoms with Gasteiger partial charge in [0.15, 0.2) is 0 Å². The summed E-state index contributed by atoms with van der Waals surface area (Å²) in [6.07, 6.45) is 1.36. The molecule has 0 radical (unpaired) electrons. The van der Waals surface area contributed by atoms with Crippen LogP contribution in [0.5, 0.6) is 0 Å². The van der Waals surface area contributed by atoms with Gasteiger partial charge in [-0.05, 0) is 18.1 Å². The smallest absolute Gasteiger partial charge is 0.305 e. The molecule has 3 nitrogen and oxygen atoms in total. The Morgan fingerprint density at radius 3 is 3.13 bits per heavy atom. The van der Waals surface area contributed by atoms with Crippen LogP contribution in [0.15, 0.2) is 24.3 Å². The summed E-state index contributed by atoms with van der Waals surface area (Å²) in [6.45, 7) is 0.927. The van der Waals surface area contributed by atoms with Gasteiger partial charge in [0.2, 0.25) is 0 Å². The molecule has 1 atom stereocenters. The predicted molar refractivity (Wildman–Crippen MR) is 58.9 cm³/mol. The highest BCUT2D eigenvalue weighted by atomic mass is 16.5. The minimum atomic E-state index is -0.126. The summed E-state index contributed by atoms with van der Waals surface area (Å²) in [5.74, 6) is 0.319. The van der Waals surface area contributed by atoms with Gasteiger partial charge < -0.3 is 10.1 Å². The number of carbonyl (C=O) groups excluding carboxylic acids is 1. The maximum atomic E-state index is 11.0. The molecule has 80 valence electrons. The number of methoxy groups -OCH3 is 1. The molecule has 0 bridgehead atoms. The van der Waals surface area contributed by atoms with E-state index >= 15 is 0 Å². The van der Waals surface area contributed by atoms with Crippen molar-refractivity contribution in [3.63, 3.8) is 0 Å². The Morgan fingerprint density at radius 2 is 2.33 bits per heavy atom. The molecule has 0 aromatic heterocycles. The number of hydrogen-bond acceptors (Lipinski definition) is 3. The van der Waals surface area contributed by atoms with Crippen LogP contribution < -0.4 is 5.32 Å². The van der Waals surface area contributed by atoms with E-state index < -0.39 is 0 Å². The van der Waals surface area contributed by atoms with Crippen molar-refractivity contribution < 1.29 is 9.53 Å². The fraction of sp³-hybridized carbons (Fsp3) is 0.417. The van der Waals surface area contributed by atoms with Crippen LogP contribution in [0.1, 0.15) is 24.3 Å². The van der Waals surface area contributed by atoms with Crippen molar-refractivity contribution in [2.45, 2.75) is 18.8 Å². The molecule has 0 unspecified atom stereocenters. The highest BCUT2D eigenvalue weighted by Crippen LogP contribution is 2.33. The predicted octanol–water partition coefficient (Wildman–Crippen LogP) is 2.15. The van der Waals surface area contributed by atoms with Crippen LogP contribution in [0.3, 0.4) is 0 Å². The van der Waals surface area contributed by atoms with E-state index in [0.29, 0.717) is 12.3 Å². The SMILES string of the molecule is COC(=O)CC[C@H]1CNc2ccccc21. The van der Waals surface area contributed by atoms with E-state index in [4.69, 9.17) is 0 Å². The zero-order chi connectivity index (χ0) is 10.7. The van der Waals surface area contributed by atoms with Gasteiger partial charge in [-0.3, -0.25) is 4.79 Å². The lowest BCUT2D eigenvalue weighted by Gasteiger charge is -2.08. The molecular weight excluding hydrogens is 190 g/mol. The van der Waals surface area contributed by atoms with E-state index in [2.05, 4.69) is 22.2 Å². The number of rotatable bonds is 3. The third kappa shape index (κ3) is 2.12. The van der Waals surface area contributed by atoms with E-state index in [0.717, 1.165) is 13.0 Å². The van der Waals surface area contributed by atoms with Gasteiger partial charge in [0.05, 0.1) is 7.11 Å². The van der Waals surface area contributed by atoms with Gasteiger partial charge in [0, 0.05) is 24.6 Å². The fourth-order valence-electron chi connectivity index (χ4n) is 2.01. The number of benzene rings is 1. The number of nitrogens with one attached hydrogen (secondary N) is 1. The third-order valence-corrected chi connectivity index (χ3v) is 2.86. The molecule has 1 aliphatic rings. The second-order valence-corrected chi connectivity index (χ2v) is 3.78. The summed E-state index contributed by atoms with van der Waals surface area (Å²) in [5.41, 5.74) is 2.52. The van der Waals surface area contributed by atoms with E-state index in [1.165, 1.54) is 18.4 Å². The molecule has 0 spiro atoms. The fourth-order valence-corrected chi connectivity index (χ4v) is 2.01. The van der Waals surface area contributed by atoms with Crippen LogP contribution in [-0.2, 0) is 9.53 Å². The van der Waals surface area contributed by atoms with Crippen LogP contribution >= 0.6 is 0 Å². The molecule has 3 heteroatoms. The first kappa shape index (κ1) is 10.0. The Kier molecular flexibility index (Phi) is 2.90. The quantitative estimate of drug-likeness (QED) is 0.768. The zero-order valence-corrected chi connectivity index (χ0v) is 8.82. The molecule has 15 heavy (non-hydrogen) atoms. The molecule has 1 N–H and O–H groups in total. The third-order valence-electron chi connectivity index (χ3n) is 2.86. The zero-order valence-electron chi connectivity index (χ0n) is 8.82. The van der Waals surface area contributed by atoms with Crippen LogP contribution in [-0.4, -0.2) is 19.6 Å². The summed E-state index contributed by atoms with van der Waals surface area (Å²) >= 11 is 0. The molecule has 1 aromatic carbocycles. The lowest BCUT2D eigenvalue weighted by Crippen LogP contribution is -2.06. The Balaban J connectivity index is 1.99. The topological polar surface area (TPSA) is 38.3 Å². The largest absolute Gasteiger partial charge is 0.469 e. The minimum absolute atomic E-state index is 0.126. The normalized spacial score (nSPS) is 18.1. The number of carbonyl (C=O) groups is 1. The van der Waals surface area contributed by atoms with Crippen molar-refractivity contribution in [1.29, 1.82) is 0 Å². The van der Waals surface area contributed by atoms with Gasteiger partial charge in [-0.25, -0.2) is 0 Å². The molecular formula is C12H15NO2. The van der Waals surface area contributed by atoms with Crippen LogP contribution in [0, 0.1) is 0 Å². The maximum Gasteiger partial charge on any atom is 0.305 e. The molecule has 0 saturated carbocycles. The Labute approximate surface area is 89.4 Å². The summed E-state index contributed by atoms with van der Waals surface area (Å²) in [4.78, 5) is 11.0. The second kappa shape index (κ2) is 4.34. The summed E-state index contributed by atoms with van der Waals surface area (Å²) < 4.78 is 4.64. The van der Waals surface area contributed by atoms with Crippen molar-refractivity contribution in [3.8, 4) is 0 Å². The Bertz CT molecular complexity index is 362. The molecule has 0 amide bonds. The standard InChI is InChI=1S/C12H15NO2/c1-15-12(14)7-6-9-8-13-11-5-3-2-4-10(9)11/h2-5,9,13H,6-8H2,1H3/t9-/m0/s1. The molecule has 1 heterocycles. The monoisotopic (exact) mass is 205 g/mol. The van der Waals surface area contributed by atoms with E-state index in [9.17, 15) is 4.79 Å². The van der Waals surface area contributed by atoms with Gasteiger partial charge in [-0.1, -0.05) is 18.2 Å². The number of fused-ring (bicyclic) bond motifs is 1. The number of hydrogen-bond donors (Lipinski definition) is 1. The summed E-state index contributed by atoms with van der Waals surface area (Å²) in [5, 5.41) is 3.34. The molecule has 0 saturated heterocycles. The van der Waals surface area contributed by atoms with Crippen LogP contribution in [0.2, 0.25) is 0 Å². The molecule has 1 aliphatic heterocycles. The molecule has 1 aromatic rings. The van der Waals surface area contributed by atoms with Crippen LogP contribution in [0.25, 0.3) is 0 Å². The molecule has 0 fully saturated rings. The van der Waals surface area contributed by atoms with Crippen molar-refractivity contribution in [3.05, 3.63) is 29.8 Å². The Morgan fingerprint density at radius 1 is 1.53 bits per heavy atom. The number of ether oxygens (including phenoxy) is 1. The molecule has 2 rings (SSSR count). The first-order chi connectivity index (χ1) is 7.31. The van der Waals surface area contributed by atoms with E-state index in [1.807, 2.05) is 12.1 Å². The van der Waals surface area contributed by atoms with E-state index in [-0.39, 0.29) is 5.97 Å². The number of esters is 1. The van der Waals surface area contributed by atoms with Gasteiger partial charge in [-0.15, -0.1) is 0 Å². The van der Waals surface area contributed by atoms with Gasteiger partial charge in [-0.2, -0.15) is 0 Å².